The smallest absolute Gasteiger partial charge is 0.285 e. The molecule has 0 bridgehead atoms. The quantitative estimate of drug-likeness (QED) is 0.775. The second-order valence-electron chi connectivity index (χ2n) is 3.75. The highest BCUT2D eigenvalue weighted by Crippen LogP contribution is 2.32. The molecule has 0 aliphatic carbocycles. The molecule has 0 saturated heterocycles. The number of fused-ring (bicyclic) bond motifs is 1. The molecular weight excluding hydrogens is 236 g/mol. The maximum absolute atomic E-state index is 10.4. The molecule has 3 rings (SSSR count). The van der Waals surface area contributed by atoms with Crippen LogP contribution in [-0.2, 0) is 6.61 Å². The summed E-state index contributed by atoms with van der Waals surface area (Å²) in [4.78, 5) is 10.4. The number of hydrogen-bond acceptors (Lipinski definition) is 5. The first kappa shape index (κ1) is 10.7. The molecule has 0 fully saturated rings. The summed E-state index contributed by atoms with van der Waals surface area (Å²) in [5.74, 6) is 2.01. The Morgan fingerprint density at radius 1 is 1.17 bits per heavy atom. The molecule has 1 aliphatic rings. The van der Waals surface area contributed by atoms with Crippen LogP contribution in [0.3, 0.4) is 0 Å². The summed E-state index contributed by atoms with van der Waals surface area (Å²) in [7, 11) is 0. The molecule has 0 saturated carbocycles. The average molecular weight is 246 g/mol. The molecule has 1 aromatic carbocycles. The third-order valence-corrected chi connectivity index (χ3v) is 2.54. The van der Waals surface area contributed by atoms with Crippen LogP contribution in [0.2, 0.25) is 0 Å². The zero-order chi connectivity index (χ0) is 12.4. The molecule has 2 aromatic rings. The molecule has 18 heavy (non-hydrogen) atoms. The van der Waals surface area contributed by atoms with E-state index in [-0.39, 0.29) is 12.6 Å². The molecule has 5 nitrogen and oxygen atoms in total. The van der Waals surface area contributed by atoms with Crippen molar-refractivity contribution in [1.29, 1.82) is 0 Å². The van der Waals surface area contributed by atoms with E-state index in [9.17, 15) is 4.79 Å². The third-order valence-electron chi connectivity index (χ3n) is 2.54. The summed E-state index contributed by atoms with van der Waals surface area (Å²) in [6.45, 7) is 0.586. The maximum atomic E-state index is 10.4. The molecular formula is C13H10O5. The Kier molecular flexibility index (Phi) is 2.64. The van der Waals surface area contributed by atoms with Gasteiger partial charge in [-0.05, 0) is 23.8 Å². The van der Waals surface area contributed by atoms with Crippen LogP contribution in [0, 0.1) is 0 Å². The molecule has 0 radical (unpaired) electrons. The van der Waals surface area contributed by atoms with Gasteiger partial charge in [0.05, 0.1) is 0 Å². The fourth-order valence-electron chi connectivity index (χ4n) is 1.66. The highest BCUT2D eigenvalue weighted by Gasteiger charge is 2.13. The number of carbonyl (C=O) groups excluding carboxylic acids is 1. The summed E-state index contributed by atoms with van der Waals surface area (Å²) in [5.41, 5.74) is 0.934. The van der Waals surface area contributed by atoms with Crippen molar-refractivity contribution in [3.05, 3.63) is 41.7 Å². The van der Waals surface area contributed by atoms with Crippen LogP contribution in [0.25, 0.3) is 0 Å². The largest absolute Gasteiger partial charge is 0.460 e. The Morgan fingerprint density at radius 2 is 2.06 bits per heavy atom. The van der Waals surface area contributed by atoms with Gasteiger partial charge in [-0.1, -0.05) is 6.07 Å². The molecule has 0 spiro atoms. The second kappa shape index (κ2) is 4.44. The van der Waals surface area contributed by atoms with E-state index >= 15 is 0 Å². The van der Waals surface area contributed by atoms with Crippen LogP contribution in [0.15, 0.2) is 34.7 Å². The minimum Gasteiger partial charge on any atom is -0.460 e. The van der Waals surface area contributed by atoms with E-state index in [0.29, 0.717) is 24.6 Å². The number of ether oxygens (including phenoxy) is 3. The first-order valence-corrected chi connectivity index (χ1v) is 5.41. The van der Waals surface area contributed by atoms with Crippen molar-refractivity contribution in [2.75, 3.05) is 6.79 Å². The maximum Gasteiger partial charge on any atom is 0.285 e. The summed E-state index contributed by atoms with van der Waals surface area (Å²) >= 11 is 0. The van der Waals surface area contributed by atoms with E-state index in [1.807, 2.05) is 18.2 Å². The van der Waals surface area contributed by atoms with Crippen molar-refractivity contribution in [1.82, 2.24) is 0 Å². The molecule has 1 aromatic heterocycles. The lowest BCUT2D eigenvalue weighted by Gasteiger charge is -2.03. The first-order chi connectivity index (χ1) is 8.85. The van der Waals surface area contributed by atoms with Gasteiger partial charge in [-0.3, -0.25) is 4.79 Å². The van der Waals surface area contributed by atoms with Crippen LogP contribution in [0.5, 0.6) is 17.4 Å². The van der Waals surface area contributed by atoms with Crippen molar-refractivity contribution in [3.63, 3.8) is 0 Å². The normalized spacial score (nSPS) is 12.4. The SMILES string of the molecule is O=Cc1ccc(OCc2ccc3c(c2)OCO3)o1. The zero-order valence-corrected chi connectivity index (χ0v) is 9.42. The van der Waals surface area contributed by atoms with Crippen molar-refractivity contribution in [2.24, 2.45) is 0 Å². The van der Waals surface area contributed by atoms with Crippen molar-refractivity contribution in [2.45, 2.75) is 6.61 Å². The number of hydrogen-bond donors (Lipinski definition) is 0. The van der Waals surface area contributed by atoms with E-state index in [1.54, 1.807) is 12.1 Å². The molecule has 92 valence electrons. The van der Waals surface area contributed by atoms with Crippen molar-refractivity contribution >= 4 is 6.29 Å². The number of benzene rings is 1. The molecule has 0 N–H and O–H groups in total. The van der Waals surface area contributed by atoms with Gasteiger partial charge in [0.1, 0.15) is 6.61 Å². The van der Waals surface area contributed by atoms with Gasteiger partial charge in [-0.15, -0.1) is 0 Å². The number of carbonyl (C=O) groups is 1. The van der Waals surface area contributed by atoms with Gasteiger partial charge in [0, 0.05) is 6.07 Å². The highest BCUT2D eigenvalue weighted by molar-refractivity contribution is 5.70. The lowest BCUT2D eigenvalue weighted by Crippen LogP contribution is -1.94. The van der Waals surface area contributed by atoms with Crippen LogP contribution < -0.4 is 14.2 Å². The molecule has 1 aliphatic heterocycles. The van der Waals surface area contributed by atoms with Crippen LogP contribution in [0.1, 0.15) is 16.1 Å². The highest BCUT2D eigenvalue weighted by atomic mass is 16.7. The van der Waals surface area contributed by atoms with Gasteiger partial charge in [-0.25, -0.2) is 0 Å². The van der Waals surface area contributed by atoms with Gasteiger partial charge >= 0.3 is 0 Å². The molecule has 0 unspecified atom stereocenters. The van der Waals surface area contributed by atoms with Gasteiger partial charge in [0.25, 0.3) is 5.95 Å². The van der Waals surface area contributed by atoms with Crippen LogP contribution in [0.4, 0.5) is 0 Å². The molecule has 5 heteroatoms. The van der Waals surface area contributed by atoms with E-state index in [2.05, 4.69) is 0 Å². The standard InChI is InChI=1S/C13H10O5/c14-6-10-2-4-13(18-10)15-7-9-1-3-11-12(5-9)17-8-16-11/h1-6H,7-8H2. The Labute approximate surface area is 103 Å². The van der Waals surface area contributed by atoms with E-state index < -0.39 is 0 Å². The zero-order valence-electron chi connectivity index (χ0n) is 9.42. The molecule has 2 heterocycles. The topological polar surface area (TPSA) is 57.9 Å². The number of furan rings is 1. The summed E-state index contributed by atoms with van der Waals surface area (Å²) < 4.78 is 21.0. The monoisotopic (exact) mass is 246 g/mol. The van der Waals surface area contributed by atoms with Crippen molar-refractivity contribution in [3.8, 4) is 17.4 Å². The van der Waals surface area contributed by atoms with E-state index in [1.165, 1.54) is 0 Å². The minimum atomic E-state index is 0.246. The Morgan fingerprint density at radius 3 is 2.89 bits per heavy atom. The second-order valence-corrected chi connectivity index (χ2v) is 3.75. The number of aldehydes is 1. The summed E-state index contributed by atoms with van der Waals surface area (Å²) in [6.07, 6.45) is 0.632. The lowest BCUT2D eigenvalue weighted by molar-refractivity contribution is 0.109. The average Bonchev–Trinajstić information content (AvgIpc) is 3.04. The molecule has 0 amide bonds. The van der Waals surface area contributed by atoms with E-state index in [4.69, 9.17) is 18.6 Å². The predicted molar refractivity (Wildman–Crippen MR) is 61.0 cm³/mol. The Bertz CT molecular complexity index is 573. The third kappa shape index (κ3) is 2.02. The number of rotatable bonds is 4. The summed E-state index contributed by atoms with van der Waals surface area (Å²) in [6, 6.07) is 8.74. The van der Waals surface area contributed by atoms with Crippen LogP contribution >= 0.6 is 0 Å². The van der Waals surface area contributed by atoms with Gasteiger partial charge < -0.3 is 18.6 Å². The Hall–Kier alpha value is -2.43. The fraction of sp³-hybridized carbons (Fsp3) is 0.154. The van der Waals surface area contributed by atoms with Gasteiger partial charge in [-0.2, -0.15) is 0 Å². The lowest BCUT2D eigenvalue weighted by atomic mass is 10.2. The van der Waals surface area contributed by atoms with E-state index in [0.717, 1.165) is 11.3 Å². The van der Waals surface area contributed by atoms with Crippen molar-refractivity contribution < 1.29 is 23.4 Å². The van der Waals surface area contributed by atoms with Gasteiger partial charge in [0.2, 0.25) is 6.79 Å². The van der Waals surface area contributed by atoms with Crippen LogP contribution in [-0.4, -0.2) is 13.1 Å². The summed E-state index contributed by atoms with van der Waals surface area (Å²) in [5, 5.41) is 0. The minimum absolute atomic E-state index is 0.246. The predicted octanol–water partition coefficient (Wildman–Crippen LogP) is 2.40. The molecule has 0 atom stereocenters. The Balaban J connectivity index is 1.68. The van der Waals surface area contributed by atoms with Gasteiger partial charge in [0.15, 0.2) is 23.5 Å². The fourth-order valence-corrected chi connectivity index (χ4v) is 1.66. The first-order valence-electron chi connectivity index (χ1n) is 5.41.